The van der Waals surface area contributed by atoms with Crippen LogP contribution >= 0.6 is 0 Å². The first kappa shape index (κ1) is 20.2. The molecule has 2 fully saturated rings. The van der Waals surface area contributed by atoms with Gasteiger partial charge in [-0.1, -0.05) is 31.4 Å². The van der Waals surface area contributed by atoms with E-state index in [0.29, 0.717) is 13.1 Å². The highest BCUT2D eigenvalue weighted by atomic mass is 16.2. The molecule has 0 aromatic heterocycles. The molecule has 0 unspecified atom stereocenters. The fraction of sp³-hybridized carbons (Fsp3) is 0.571. The van der Waals surface area contributed by atoms with Crippen molar-refractivity contribution in [3.8, 4) is 0 Å². The monoisotopic (exact) mass is 386 g/mol. The minimum Gasteiger partial charge on any atom is -0.352 e. The summed E-state index contributed by atoms with van der Waals surface area (Å²) in [4.78, 5) is 35.7. The molecular weight excluding hydrogens is 356 g/mol. The maximum Gasteiger partial charge on any atom is 0.315 e. The van der Waals surface area contributed by atoms with Gasteiger partial charge in [0.15, 0.2) is 0 Å². The Bertz CT molecular complexity index is 697. The van der Waals surface area contributed by atoms with Crippen molar-refractivity contribution in [2.45, 2.75) is 64.0 Å². The smallest absolute Gasteiger partial charge is 0.315 e. The van der Waals surface area contributed by atoms with Gasteiger partial charge in [0.1, 0.15) is 0 Å². The van der Waals surface area contributed by atoms with Crippen LogP contribution in [0.15, 0.2) is 24.3 Å². The highest BCUT2D eigenvalue weighted by Crippen LogP contribution is 2.30. The molecular formula is C21H30N4O3. The van der Waals surface area contributed by atoms with E-state index in [1.165, 1.54) is 19.3 Å². The lowest BCUT2D eigenvalue weighted by Gasteiger charge is -2.22. The largest absolute Gasteiger partial charge is 0.352 e. The van der Waals surface area contributed by atoms with E-state index in [9.17, 15) is 14.4 Å². The third kappa shape index (κ3) is 6.87. The molecule has 0 spiro atoms. The molecule has 2 saturated carbocycles. The van der Waals surface area contributed by atoms with Crippen LogP contribution in [0.25, 0.3) is 0 Å². The lowest BCUT2D eigenvalue weighted by atomic mass is 9.96. The van der Waals surface area contributed by atoms with E-state index in [0.717, 1.165) is 36.9 Å². The minimum absolute atomic E-state index is 0.0683. The molecule has 152 valence electrons. The number of carbonyl (C=O) groups excluding carboxylic acids is 3. The van der Waals surface area contributed by atoms with Gasteiger partial charge >= 0.3 is 6.03 Å². The number of benzene rings is 1. The molecule has 0 saturated heterocycles. The van der Waals surface area contributed by atoms with Gasteiger partial charge in [-0.15, -0.1) is 0 Å². The fourth-order valence-corrected chi connectivity index (χ4v) is 3.41. The number of rotatable bonds is 8. The van der Waals surface area contributed by atoms with Crippen molar-refractivity contribution in [2.75, 3.05) is 11.9 Å². The Hall–Kier alpha value is -2.57. The van der Waals surface area contributed by atoms with Gasteiger partial charge in [0, 0.05) is 37.2 Å². The topological polar surface area (TPSA) is 99.3 Å². The number of hydrogen-bond donors (Lipinski definition) is 4. The third-order valence-electron chi connectivity index (χ3n) is 5.21. The molecule has 7 heteroatoms. The van der Waals surface area contributed by atoms with Gasteiger partial charge in [-0.25, -0.2) is 4.79 Å². The van der Waals surface area contributed by atoms with Crippen molar-refractivity contribution in [1.29, 1.82) is 0 Å². The normalized spacial score (nSPS) is 16.9. The maximum atomic E-state index is 12.0. The lowest BCUT2D eigenvalue weighted by molar-refractivity contribution is -0.121. The van der Waals surface area contributed by atoms with E-state index < -0.39 is 0 Å². The zero-order valence-electron chi connectivity index (χ0n) is 16.3. The zero-order valence-corrected chi connectivity index (χ0v) is 16.3. The summed E-state index contributed by atoms with van der Waals surface area (Å²) in [6, 6.07) is 7.55. The molecule has 0 heterocycles. The van der Waals surface area contributed by atoms with Crippen molar-refractivity contribution in [1.82, 2.24) is 16.0 Å². The average Bonchev–Trinajstić information content (AvgIpc) is 3.53. The molecule has 0 aliphatic heterocycles. The first-order chi connectivity index (χ1) is 13.6. The van der Waals surface area contributed by atoms with E-state index in [-0.39, 0.29) is 36.2 Å². The van der Waals surface area contributed by atoms with Gasteiger partial charge in [0.2, 0.25) is 11.8 Å². The standard InChI is InChI=1S/C21H30N4O3/c26-19(11-12-22-21(28)25-17-6-2-1-3-7-17)23-14-15-5-4-8-18(13-15)24-20(27)16-9-10-16/h4-5,8,13,16-17H,1-3,6-7,9-12,14H2,(H,23,26)(H,24,27)(H2,22,25,28). The third-order valence-corrected chi connectivity index (χ3v) is 5.21. The average molecular weight is 386 g/mol. The molecule has 4 N–H and O–H groups in total. The van der Waals surface area contributed by atoms with Crippen LogP contribution in [0, 0.1) is 5.92 Å². The Kier molecular flexibility index (Phi) is 7.28. The van der Waals surface area contributed by atoms with E-state index in [2.05, 4.69) is 21.3 Å². The van der Waals surface area contributed by atoms with Crippen LogP contribution in [-0.4, -0.2) is 30.4 Å². The summed E-state index contributed by atoms with van der Waals surface area (Å²) in [5.74, 6) is 0.107. The summed E-state index contributed by atoms with van der Waals surface area (Å²) in [6.45, 7) is 0.697. The number of carbonyl (C=O) groups is 3. The maximum absolute atomic E-state index is 12.0. The van der Waals surface area contributed by atoms with Gasteiger partial charge in [0.25, 0.3) is 0 Å². The highest BCUT2D eigenvalue weighted by Gasteiger charge is 2.29. The number of urea groups is 1. The summed E-state index contributed by atoms with van der Waals surface area (Å²) in [5.41, 5.74) is 1.68. The first-order valence-electron chi connectivity index (χ1n) is 10.3. The van der Waals surface area contributed by atoms with Crippen LogP contribution in [-0.2, 0) is 16.1 Å². The predicted molar refractivity (Wildman–Crippen MR) is 108 cm³/mol. The van der Waals surface area contributed by atoms with Crippen molar-refractivity contribution in [3.05, 3.63) is 29.8 Å². The van der Waals surface area contributed by atoms with Crippen molar-refractivity contribution < 1.29 is 14.4 Å². The highest BCUT2D eigenvalue weighted by molar-refractivity contribution is 5.94. The SMILES string of the molecule is O=C(CCNC(=O)NC1CCCCC1)NCc1cccc(NC(=O)C2CC2)c1. The van der Waals surface area contributed by atoms with Crippen LogP contribution in [0.3, 0.4) is 0 Å². The van der Waals surface area contributed by atoms with Crippen molar-refractivity contribution >= 4 is 23.5 Å². The fourth-order valence-electron chi connectivity index (χ4n) is 3.41. The molecule has 1 aromatic carbocycles. The molecule has 0 atom stereocenters. The lowest BCUT2D eigenvalue weighted by Crippen LogP contribution is -2.43. The minimum atomic E-state index is -0.196. The summed E-state index contributed by atoms with van der Waals surface area (Å²) in [5, 5.41) is 11.5. The quantitative estimate of drug-likeness (QED) is 0.553. The van der Waals surface area contributed by atoms with Gasteiger partial charge in [-0.3, -0.25) is 9.59 Å². The van der Waals surface area contributed by atoms with Crippen LogP contribution in [0.4, 0.5) is 10.5 Å². The Balaban J connectivity index is 1.31. The molecule has 4 amide bonds. The van der Waals surface area contributed by atoms with Crippen LogP contribution < -0.4 is 21.3 Å². The van der Waals surface area contributed by atoms with E-state index >= 15 is 0 Å². The van der Waals surface area contributed by atoms with E-state index in [4.69, 9.17) is 0 Å². The summed E-state index contributed by atoms with van der Waals surface area (Å²) < 4.78 is 0. The molecule has 1 aromatic rings. The summed E-state index contributed by atoms with van der Waals surface area (Å²) >= 11 is 0. The first-order valence-corrected chi connectivity index (χ1v) is 10.3. The van der Waals surface area contributed by atoms with Crippen LogP contribution in [0.2, 0.25) is 0 Å². The van der Waals surface area contributed by atoms with Crippen LogP contribution in [0.1, 0.15) is 56.9 Å². The second kappa shape index (κ2) is 10.1. The molecule has 2 aliphatic rings. The molecule has 0 radical (unpaired) electrons. The predicted octanol–water partition coefficient (Wildman–Crippen LogP) is 2.67. The van der Waals surface area contributed by atoms with Crippen molar-refractivity contribution in [2.24, 2.45) is 5.92 Å². The molecule has 2 aliphatic carbocycles. The van der Waals surface area contributed by atoms with Crippen molar-refractivity contribution in [3.63, 3.8) is 0 Å². The molecule has 28 heavy (non-hydrogen) atoms. The van der Waals surface area contributed by atoms with E-state index in [1.54, 1.807) is 0 Å². The molecule has 3 rings (SSSR count). The second-order valence-corrected chi connectivity index (χ2v) is 7.73. The molecule has 0 bridgehead atoms. The Labute approximate surface area is 166 Å². The van der Waals surface area contributed by atoms with Gasteiger partial charge in [0.05, 0.1) is 0 Å². The number of amides is 4. The second-order valence-electron chi connectivity index (χ2n) is 7.73. The van der Waals surface area contributed by atoms with E-state index in [1.807, 2.05) is 24.3 Å². The van der Waals surface area contributed by atoms with Crippen LogP contribution in [0.5, 0.6) is 0 Å². The summed E-state index contributed by atoms with van der Waals surface area (Å²) in [6.07, 6.45) is 7.81. The van der Waals surface area contributed by atoms with Gasteiger partial charge in [-0.05, 0) is 43.4 Å². The number of nitrogens with one attached hydrogen (secondary N) is 4. The summed E-state index contributed by atoms with van der Waals surface area (Å²) in [7, 11) is 0. The zero-order chi connectivity index (χ0) is 19.8. The number of anilines is 1. The van der Waals surface area contributed by atoms with Gasteiger partial charge in [-0.2, -0.15) is 0 Å². The Morgan fingerprint density at radius 3 is 2.50 bits per heavy atom. The van der Waals surface area contributed by atoms with Gasteiger partial charge < -0.3 is 21.3 Å². The number of hydrogen-bond acceptors (Lipinski definition) is 3. The molecule has 7 nitrogen and oxygen atoms in total. The Morgan fingerprint density at radius 1 is 0.964 bits per heavy atom. The Morgan fingerprint density at radius 2 is 1.75 bits per heavy atom.